The van der Waals surface area contributed by atoms with E-state index in [-0.39, 0.29) is 29.6 Å². The number of ketones is 1. The third-order valence-electron chi connectivity index (χ3n) is 8.32. The highest BCUT2D eigenvalue weighted by Gasteiger charge is 2.59. The Morgan fingerprint density at radius 1 is 0.857 bits per heavy atom. The second-order valence-corrected chi connectivity index (χ2v) is 13.1. The Morgan fingerprint density at radius 3 is 2.05 bits per heavy atom. The Kier molecular flexibility index (Phi) is 7.41. The van der Waals surface area contributed by atoms with Crippen molar-refractivity contribution < 1.29 is 22.7 Å². The summed E-state index contributed by atoms with van der Waals surface area (Å²) in [7, 11) is -2.42. The van der Waals surface area contributed by atoms with Gasteiger partial charge in [0.15, 0.2) is 16.4 Å². The van der Waals surface area contributed by atoms with Gasteiger partial charge >= 0.3 is 5.97 Å². The van der Waals surface area contributed by atoms with Crippen LogP contribution in [-0.2, 0) is 37.2 Å². The van der Waals surface area contributed by atoms with Crippen LogP contribution in [0.2, 0.25) is 0 Å². The van der Waals surface area contributed by atoms with Crippen molar-refractivity contribution in [3.63, 3.8) is 0 Å². The summed E-state index contributed by atoms with van der Waals surface area (Å²) < 4.78 is 33.9. The molecule has 8 heteroatoms. The van der Waals surface area contributed by atoms with Gasteiger partial charge in [-0.2, -0.15) is 8.42 Å². The van der Waals surface area contributed by atoms with Crippen LogP contribution in [0.15, 0.2) is 114 Å². The van der Waals surface area contributed by atoms with Crippen LogP contribution >= 0.6 is 0 Å². The molecular weight excluding hydrogens is 548 g/mol. The van der Waals surface area contributed by atoms with Crippen LogP contribution in [0.3, 0.4) is 0 Å². The van der Waals surface area contributed by atoms with Gasteiger partial charge in [-0.15, -0.1) is 0 Å². The molecule has 0 amide bonds. The predicted molar refractivity (Wildman–Crippen MR) is 159 cm³/mol. The monoisotopic (exact) mass is 580 g/mol. The molecule has 7 nitrogen and oxygen atoms in total. The van der Waals surface area contributed by atoms with Crippen LogP contribution in [0.4, 0.5) is 5.69 Å². The van der Waals surface area contributed by atoms with Gasteiger partial charge in [0.1, 0.15) is 5.92 Å². The number of ether oxygens (including phenoxy) is 1. The van der Waals surface area contributed by atoms with Crippen LogP contribution in [0.5, 0.6) is 0 Å². The number of carbonyl (C=O) groups excluding carboxylic acids is 2. The second-order valence-electron chi connectivity index (χ2n) is 11.2. The molecule has 0 bridgehead atoms. The third-order valence-corrected chi connectivity index (χ3v) is 10.0. The molecule has 2 aliphatic rings. The van der Waals surface area contributed by atoms with Crippen molar-refractivity contribution in [1.29, 1.82) is 0 Å². The minimum absolute atomic E-state index is 0.0576. The van der Waals surface area contributed by atoms with E-state index in [2.05, 4.69) is 4.98 Å². The number of hydrogen-bond acceptors (Lipinski definition) is 6. The summed E-state index contributed by atoms with van der Waals surface area (Å²) >= 11 is 0. The molecule has 4 aromatic rings. The number of rotatable bonds is 10. The summed E-state index contributed by atoms with van der Waals surface area (Å²) in [6.07, 6.45) is 3.78. The number of cyclic esters (lactones) is 1. The molecule has 1 aliphatic carbocycles. The van der Waals surface area contributed by atoms with Crippen molar-refractivity contribution in [3.05, 3.63) is 126 Å². The molecule has 1 aromatic heterocycles. The highest BCUT2D eigenvalue weighted by atomic mass is 32.2. The molecule has 2 fully saturated rings. The number of aromatic nitrogens is 1. The number of sulfonamides is 1. The molecule has 3 aromatic carbocycles. The maximum Gasteiger partial charge on any atom is 0.318 e. The molecule has 42 heavy (non-hydrogen) atoms. The summed E-state index contributed by atoms with van der Waals surface area (Å²) in [5, 5.41) is -0.0576. The minimum Gasteiger partial charge on any atom is -0.450 e. The first-order chi connectivity index (χ1) is 20.3. The topological polar surface area (TPSA) is 93.6 Å². The smallest absolute Gasteiger partial charge is 0.318 e. The zero-order valence-electron chi connectivity index (χ0n) is 23.3. The standard InChI is InChI=1S/C34H32N2O5S/c1-36(42(39,40)29-17-8-9-20-35-29)28-16-10-15-27(21-28)30(26-18-19-26)31-32(37)34(41-33(31)38,22-24-11-4-2-5-12-24)23-25-13-6-3-7-14-25/h2-17,20-21,26,30-31H,18-19,22-23H2,1H3. The number of Topliss-reactive ketones (excluding diaryl/α,β-unsaturated/α-hetero) is 1. The lowest BCUT2D eigenvalue weighted by Gasteiger charge is -2.28. The average molecular weight is 581 g/mol. The summed E-state index contributed by atoms with van der Waals surface area (Å²) in [4.78, 5) is 32.3. The molecule has 2 unspecified atom stereocenters. The van der Waals surface area contributed by atoms with Gasteiger partial charge in [-0.05, 0) is 59.7 Å². The minimum atomic E-state index is -3.90. The summed E-state index contributed by atoms with van der Waals surface area (Å²) in [5.74, 6) is -1.98. The molecule has 0 N–H and O–H groups in total. The van der Waals surface area contributed by atoms with E-state index in [1.807, 2.05) is 66.7 Å². The van der Waals surface area contributed by atoms with Crippen LogP contribution in [-0.4, -0.2) is 37.8 Å². The van der Waals surface area contributed by atoms with E-state index in [0.29, 0.717) is 5.69 Å². The van der Waals surface area contributed by atoms with Crippen LogP contribution in [0.1, 0.15) is 35.4 Å². The fraction of sp³-hybridized carbons (Fsp3) is 0.265. The number of nitrogens with zero attached hydrogens (tertiary/aromatic N) is 2. The Hall–Kier alpha value is -4.30. The van der Waals surface area contributed by atoms with E-state index >= 15 is 0 Å². The lowest BCUT2D eigenvalue weighted by atomic mass is 9.74. The molecule has 2 heterocycles. The van der Waals surface area contributed by atoms with Gasteiger partial charge in [0.05, 0.1) is 5.69 Å². The van der Waals surface area contributed by atoms with Crippen LogP contribution < -0.4 is 4.31 Å². The largest absolute Gasteiger partial charge is 0.450 e. The van der Waals surface area contributed by atoms with Gasteiger partial charge in [-0.3, -0.25) is 13.9 Å². The van der Waals surface area contributed by atoms with Crippen molar-refractivity contribution >= 4 is 27.5 Å². The average Bonchev–Trinajstić information content (AvgIpc) is 3.82. The SMILES string of the molecule is CN(c1cccc(C(C2CC2)C2C(=O)OC(Cc3ccccc3)(Cc3ccccc3)C2=O)c1)S(=O)(=O)c1ccccn1. The first kappa shape index (κ1) is 27.8. The maximum atomic E-state index is 14.5. The van der Waals surface area contributed by atoms with E-state index in [1.54, 1.807) is 30.3 Å². The Labute approximate surface area is 246 Å². The lowest BCUT2D eigenvalue weighted by Crippen LogP contribution is -2.43. The predicted octanol–water partition coefficient (Wildman–Crippen LogP) is 5.37. The molecule has 0 spiro atoms. The molecule has 1 aliphatic heterocycles. The molecule has 1 saturated heterocycles. The molecular formula is C34H32N2O5S. The second kappa shape index (κ2) is 11.2. The number of anilines is 1. The fourth-order valence-electron chi connectivity index (χ4n) is 6.07. The first-order valence-electron chi connectivity index (χ1n) is 14.1. The van der Waals surface area contributed by atoms with Crippen molar-refractivity contribution in [1.82, 2.24) is 4.98 Å². The number of carbonyl (C=O) groups is 2. The molecule has 0 radical (unpaired) electrons. The van der Waals surface area contributed by atoms with E-state index in [0.717, 1.165) is 29.5 Å². The van der Waals surface area contributed by atoms with Gasteiger partial charge in [-0.25, -0.2) is 4.98 Å². The van der Waals surface area contributed by atoms with E-state index < -0.39 is 33.4 Å². The molecule has 214 valence electrons. The van der Waals surface area contributed by atoms with Crippen LogP contribution in [0, 0.1) is 11.8 Å². The zero-order valence-corrected chi connectivity index (χ0v) is 24.1. The number of pyridine rings is 1. The third kappa shape index (κ3) is 5.34. The quantitative estimate of drug-likeness (QED) is 0.185. The van der Waals surface area contributed by atoms with Crippen molar-refractivity contribution in [2.75, 3.05) is 11.4 Å². The van der Waals surface area contributed by atoms with E-state index in [9.17, 15) is 18.0 Å². The highest BCUT2D eigenvalue weighted by molar-refractivity contribution is 7.92. The number of benzene rings is 3. The molecule has 2 atom stereocenters. The van der Waals surface area contributed by atoms with Crippen LogP contribution in [0.25, 0.3) is 0 Å². The summed E-state index contributed by atoms with van der Waals surface area (Å²) in [5.41, 5.74) is 1.70. The number of esters is 1. The highest BCUT2D eigenvalue weighted by Crippen LogP contribution is 2.51. The zero-order chi connectivity index (χ0) is 29.3. The van der Waals surface area contributed by atoms with Crippen molar-refractivity contribution in [3.8, 4) is 0 Å². The van der Waals surface area contributed by atoms with E-state index in [1.165, 1.54) is 23.6 Å². The lowest BCUT2D eigenvalue weighted by molar-refractivity contribution is -0.152. The maximum absolute atomic E-state index is 14.5. The van der Waals surface area contributed by atoms with Gasteiger partial charge in [0.2, 0.25) is 0 Å². The number of hydrogen-bond donors (Lipinski definition) is 0. The normalized spacial score (nSPS) is 18.8. The fourth-order valence-corrected chi connectivity index (χ4v) is 7.18. The van der Waals surface area contributed by atoms with Crippen molar-refractivity contribution in [2.24, 2.45) is 11.8 Å². The van der Waals surface area contributed by atoms with Gasteiger partial charge in [-0.1, -0.05) is 78.9 Å². The summed E-state index contributed by atoms with van der Waals surface area (Å²) in [6, 6.07) is 31.1. The van der Waals surface area contributed by atoms with Gasteiger partial charge < -0.3 is 4.74 Å². The Balaban J connectivity index is 1.36. The molecule has 1 saturated carbocycles. The summed E-state index contributed by atoms with van der Waals surface area (Å²) in [6.45, 7) is 0. The Bertz CT molecular complexity index is 1650. The van der Waals surface area contributed by atoms with Gasteiger partial charge in [0, 0.05) is 32.0 Å². The van der Waals surface area contributed by atoms with Crippen molar-refractivity contribution in [2.45, 2.75) is 42.2 Å². The molecule has 6 rings (SSSR count). The van der Waals surface area contributed by atoms with Gasteiger partial charge in [0.25, 0.3) is 10.0 Å². The first-order valence-corrected chi connectivity index (χ1v) is 15.6. The van der Waals surface area contributed by atoms with E-state index in [4.69, 9.17) is 4.74 Å². The Morgan fingerprint density at radius 2 is 1.48 bits per heavy atom.